The molecule has 34 heavy (non-hydrogen) atoms. The number of ether oxygens (including phenoxy) is 1. The number of morpholine rings is 1. The molecule has 1 saturated heterocycles. The summed E-state index contributed by atoms with van der Waals surface area (Å²) in [5, 5.41) is 16.5. The monoisotopic (exact) mass is 458 g/mol. The number of nitrogens with one attached hydrogen (secondary N) is 3. The first-order valence-corrected chi connectivity index (χ1v) is 10.8. The quantitative estimate of drug-likeness (QED) is 0.343. The van der Waals surface area contributed by atoms with E-state index >= 15 is 0 Å². The van der Waals surface area contributed by atoms with Crippen LogP contribution in [-0.2, 0) is 4.74 Å². The van der Waals surface area contributed by atoms with E-state index < -0.39 is 5.97 Å². The summed E-state index contributed by atoms with van der Waals surface area (Å²) in [5.41, 5.74) is 1.73. The summed E-state index contributed by atoms with van der Waals surface area (Å²) in [5.74, 6) is 0.236. The van der Waals surface area contributed by atoms with Crippen molar-refractivity contribution in [3.8, 4) is 0 Å². The summed E-state index contributed by atoms with van der Waals surface area (Å²) < 4.78 is 5.41. The van der Waals surface area contributed by atoms with Gasteiger partial charge in [-0.25, -0.2) is 14.8 Å². The van der Waals surface area contributed by atoms with Gasteiger partial charge in [0, 0.05) is 36.9 Å². The van der Waals surface area contributed by atoms with Crippen LogP contribution < -0.4 is 21.1 Å². The van der Waals surface area contributed by atoms with E-state index in [-0.39, 0.29) is 11.1 Å². The molecule has 0 saturated carbocycles. The van der Waals surface area contributed by atoms with Crippen molar-refractivity contribution in [2.75, 3.05) is 41.8 Å². The van der Waals surface area contributed by atoms with Crippen molar-refractivity contribution in [3.63, 3.8) is 0 Å². The van der Waals surface area contributed by atoms with Crippen molar-refractivity contribution in [3.05, 3.63) is 76.8 Å². The van der Waals surface area contributed by atoms with Crippen molar-refractivity contribution in [2.45, 2.75) is 0 Å². The highest BCUT2D eigenvalue weighted by atomic mass is 16.5. The van der Waals surface area contributed by atoms with Crippen LogP contribution in [0.2, 0.25) is 0 Å². The first-order chi connectivity index (χ1) is 16.6. The summed E-state index contributed by atoms with van der Waals surface area (Å²) in [6.45, 7) is 3.13. The van der Waals surface area contributed by atoms with Crippen molar-refractivity contribution in [1.29, 1.82) is 0 Å². The SMILES string of the molecule is O=C(O)c1ccc(Nc2cc3cc[nH]c(=O)c3c(Nc3ccc(N4CCOCC4)cc3)n2)nc1. The molecule has 0 radical (unpaired) electrons. The molecule has 1 fully saturated rings. The lowest BCUT2D eigenvalue weighted by Crippen LogP contribution is -2.36. The first kappa shape index (κ1) is 21.4. The second-order valence-electron chi connectivity index (χ2n) is 7.76. The van der Waals surface area contributed by atoms with E-state index in [0.717, 1.165) is 24.5 Å². The van der Waals surface area contributed by atoms with Crippen molar-refractivity contribution < 1.29 is 14.6 Å². The van der Waals surface area contributed by atoms with Gasteiger partial charge in [-0.1, -0.05) is 0 Å². The van der Waals surface area contributed by atoms with E-state index in [2.05, 4.69) is 30.5 Å². The second-order valence-corrected chi connectivity index (χ2v) is 7.76. The number of rotatable bonds is 6. The highest BCUT2D eigenvalue weighted by Crippen LogP contribution is 2.27. The van der Waals surface area contributed by atoms with Crippen LogP contribution in [-0.4, -0.2) is 52.3 Å². The molecule has 172 valence electrons. The lowest BCUT2D eigenvalue weighted by Gasteiger charge is -2.28. The fourth-order valence-electron chi connectivity index (χ4n) is 3.81. The molecule has 0 aliphatic carbocycles. The number of fused-ring (bicyclic) bond motifs is 1. The molecule has 3 aromatic heterocycles. The topological polar surface area (TPSA) is 132 Å². The lowest BCUT2D eigenvalue weighted by molar-refractivity contribution is 0.0696. The Morgan fingerprint density at radius 1 is 1.03 bits per heavy atom. The third kappa shape index (κ3) is 4.52. The fourth-order valence-corrected chi connectivity index (χ4v) is 3.81. The van der Waals surface area contributed by atoms with Crippen LogP contribution in [0.1, 0.15) is 10.4 Å². The van der Waals surface area contributed by atoms with Crippen molar-refractivity contribution >= 4 is 45.6 Å². The van der Waals surface area contributed by atoms with E-state index in [1.165, 1.54) is 12.3 Å². The Balaban J connectivity index is 1.44. The van der Waals surface area contributed by atoms with E-state index in [1.807, 2.05) is 24.3 Å². The Bertz CT molecular complexity index is 1380. The summed E-state index contributed by atoms with van der Waals surface area (Å²) in [4.78, 5) is 37.3. The summed E-state index contributed by atoms with van der Waals surface area (Å²) in [7, 11) is 0. The number of aromatic carboxylic acids is 1. The number of H-pyrrole nitrogens is 1. The third-order valence-electron chi connectivity index (χ3n) is 5.53. The summed E-state index contributed by atoms with van der Waals surface area (Å²) >= 11 is 0. The van der Waals surface area contributed by atoms with E-state index in [4.69, 9.17) is 9.84 Å². The predicted octanol–water partition coefficient (Wildman–Crippen LogP) is 3.34. The van der Waals surface area contributed by atoms with Crippen LogP contribution in [0, 0.1) is 0 Å². The second kappa shape index (κ2) is 9.20. The van der Waals surface area contributed by atoms with Gasteiger partial charge in [0.1, 0.15) is 17.5 Å². The van der Waals surface area contributed by atoms with Crippen molar-refractivity contribution in [1.82, 2.24) is 15.0 Å². The van der Waals surface area contributed by atoms with E-state index in [1.54, 1.807) is 24.4 Å². The molecule has 0 atom stereocenters. The minimum Gasteiger partial charge on any atom is -0.478 e. The Morgan fingerprint density at radius 3 is 2.53 bits per heavy atom. The third-order valence-corrected chi connectivity index (χ3v) is 5.53. The predicted molar refractivity (Wildman–Crippen MR) is 130 cm³/mol. The molecule has 0 unspecified atom stereocenters. The van der Waals surface area contributed by atoms with Crippen LogP contribution in [0.4, 0.5) is 28.8 Å². The number of carboxylic acid groups (broad SMARTS) is 1. The number of hydrogen-bond donors (Lipinski definition) is 4. The zero-order chi connectivity index (χ0) is 23.5. The molecule has 0 bridgehead atoms. The highest BCUT2D eigenvalue weighted by molar-refractivity contribution is 5.95. The zero-order valence-electron chi connectivity index (χ0n) is 18.1. The summed E-state index contributed by atoms with van der Waals surface area (Å²) in [6.07, 6.45) is 2.85. The standard InChI is InChI=1S/C24H22N6O4/c31-23-21-15(7-8-25-23)13-20(28-19-6-1-16(14-26-19)24(32)33)29-22(21)27-17-2-4-18(5-3-17)30-9-11-34-12-10-30/h1-8,13-14H,9-12H2,(H,25,31)(H,32,33)(H2,26,27,28,29). The van der Waals surface area contributed by atoms with Crippen LogP contribution in [0.15, 0.2) is 65.7 Å². The minimum atomic E-state index is -1.05. The van der Waals surface area contributed by atoms with Gasteiger partial charge in [0.15, 0.2) is 0 Å². The average Bonchev–Trinajstić information content (AvgIpc) is 2.85. The van der Waals surface area contributed by atoms with Crippen LogP contribution >= 0.6 is 0 Å². The van der Waals surface area contributed by atoms with Gasteiger partial charge < -0.3 is 30.4 Å². The number of carboxylic acids is 1. The fraction of sp³-hybridized carbons (Fsp3) is 0.167. The minimum absolute atomic E-state index is 0.0893. The van der Waals surface area contributed by atoms with Gasteiger partial charge in [-0.15, -0.1) is 0 Å². The van der Waals surface area contributed by atoms with E-state index in [9.17, 15) is 9.59 Å². The Morgan fingerprint density at radius 2 is 1.82 bits per heavy atom. The molecule has 5 rings (SSSR count). The van der Waals surface area contributed by atoms with Crippen molar-refractivity contribution in [2.24, 2.45) is 0 Å². The molecular weight excluding hydrogens is 436 g/mol. The maximum atomic E-state index is 12.6. The lowest BCUT2D eigenvalue weighted by atomic mass is 10.2. The molecule has 1 aromatic carbocycles. The molecule has 4 heterocycles. The Hall–Kier alpha value is -4.44. The van der Waals surface area contributed by atoms with Gasteiger partial charge in [-0.05, 0) is 53.9 Å². The van der Waals surface area contributed by atoms with Gasteiger partial charge in [-0.3, -0.25) is 4.79 Å². The number of carbonyl (C=O) groups is 1. The van der Waals surface area contributed by atoms with Gasteiger partial charge >= 0.3 is 5.97 Å². The zero-order valence-corrected chi connectivity index (χ0v) is 18.1. The number of pyridine rings is 3. The number of aromatic nitrogens is 3. The molecule has 10 heteroatoms. The maximum Gasteiger partial charge on any atom is 0.337 e. The molecule has 0 spiro atoms. The molecular formula is C24H22N6O4. The number of aromatic amines is 1. The molecule has 4 N–H and O–H groups in total. The summed E-state index contributed by atoms with van der Waals surface area (Å²) in [6, 6.07) is 14.5. The molecule has 4 aromatic rings. The highest BCUT2D eigenvalue weighted by Gasteiger charge is 2.13. The first-order valence-electron chi connectivity index (χ1n) is 10.8. The normalized spacial score (nSPS) is 13.6. The maximum absolute atomic E-state index is 12.6. The molecule has 1 aliphatic rings. The molecule has 0 amide bonds. The molecule has 1 aliphatic heterocycles. The van der Waals surface area contributed by atoms with Crippen LogP contribution in [0.5, 0.6) is 0 Å². The number of benzene rings is 1. The van der Waals surface area contributed by atoms with Gasteiger partial charge in [0.2, 0.25) is 0 Å². The van der Waals surface area contributed by atoms with Gasteiger partial charge in [-0.2, -0.15) is 0 Å². The smallest absolute Gasteiger partial charge is 0.337 e. The number of anilines is 5. The van der Waals surface area contributed by atoms with Crippen LogP contribution in [0.3, 0.4) is 0 Å². The van der Waals surface area contributed by atoms with Gasteiger partial charge in [0.25, 0.3) is 5.56 Å². The molecule has 10 nitrogen and oxygen atoms in total. The Kier molecular flexibility index (Phi) is 5.79. The largest absolute Gasteiger partial charge is 0.478 e. The number of nitrogens with zero attached hydrogens (tertiary/aromatic N) is 3. The van der Waals surface area contributed by atoms with Crippen LogP contribution in [0.25, 0.3) is 10.8 Å². The van der Waals surface area contributed by atoms with Gasteiger partial charge in [0.05, 0.1) is 24.2 Å². The average molecular weight is 458 g/mol. The number of hydrogen-bond acceptors (Lipinski definition) is 8. The Labute approximate surface area is 194 Å². The van der Waals surface area contributed by atoms with E-state index in [0.29, 0.717) is 41.4 Å².